The van der Waals surface area contributed by atoms with Gasteiger partial charge in [-0.3, -0.25) is 14.5 Å². The van der Waals surface area contributed by atoms with Gasteiger partial charge in [0, 0.05) is 10.0 Å². The van der Waals surface area contributed by atoms with Crippen molar-refractivity contribution >= 4 is 74.8 Å². The molecule has 0 atom stereocenters. The molecule has 4 rings (SSSR count). The fourth-order valence-electron chi connectivity index (χ4n) is 3.42. The van der Waals surface area contributed by atoms with Gasteiger partial charge in [0.1, 0.15) is 6.61 Å². The highest BCUT2D eigenvalue weighted by molar-refractivity contribution is 14.1. The van der Waals surface area contributed by atoms with Crippen LogP contribution < -0.4 is 9.47 Å². The second-order valence-corrected chi connectivity index (χ2v) is 10.6. The zero-order chi connectivity index (χ0) is 24.9. The van der Waals surface area contributed by atoms with Crippen LogP contribution in [0, 0.1) is 3.57 Å². The van der Waals surface area contributed by atoms with Crippen LogP contribution in [0.2, 0.25) is 10.0 Å². The third-order valence-corrected chi connectivity index (χ3v) is 7.22. The Bertz CT molecular complexity index is 1300. The van der Waals surface area contributed by atoms with Crippen LogP contribution in [0.1, 0.15) is 23.6 Å². The van der Waals surface area contributed by atoms with Crippen LogP contribution in [0.4, 0.5) is 4.79 Å². The highest BCUT2D eigenvalue weighted by Crippen LogP contribution is 2.38. The lowest BCUT2D eigenvalue weighted by Crippen LogP contribution is -2.27. The molecule has 0 spiro atoms. The van der Waals surface area contributed by atoms with Crippen LogP contribution in [-0.4, -0.2) is 22.7 Å². The number of rotatable bonds is 8. The maximum absolute atomic E-state index is 13.0. The van der Waals surface area contributed by atoms with Gasteiger partial charge in [-0.05, 0) is 100 Å². The first kappa shape index (κ1) is 25.9. The van der Waals surface area contributed by atoms with Crippen LogP contribution in [0.15, 0.2) is 65.6 Å². The number of ether oxygens (including phenoxy) is 2. The van der Waals surface area contributed by atoms with Gasteiger partial charge in [0.2, 0.25) is 0 Å². The van der Waals surface area contributed by atoms with Gasteiger partial charge < -0.3 is 9.47 Å². The molecule has 9 heteroatoms. The molecule has 180 valence electrons. The van der Waals surface area contributed by atoms with Gasteiger partial charge in [0.05, 0.1) is 21.6 Å². The standard InChI is InChI=1S/C26H20Cl2INO4S/c1-2-33-22-12-18(11-21(29)24(22)34-15-16-6-8-19(27)9-7-16)13-23-25(31)30(26(32)35-23)14-17-4-3-5-20(28)10-17/h3-13H,2,14-15H2,1H3/b23-13-. The summed E-state index contributed by atoms with van der Waals surface area (Å²) in [5.41, 5.74) is 2.51. The van der Waals surface area contributed by atoms with E-state index in [0.29, 0.717) is 39.7 Å². The lowest BCUT2D eigenvalue weighted by atomic mass is 10.1. The lowest BCUT2D eigenvalue weighted by Gasteiger charge is -2.15. The quantitative estimate of drug-likeness (QED) is 0.186. The van der Waals surface area contributed by atoms with E-state index in [2.05, 4.69) is 22.6 Å². The molecule has 0 N–H and O–H groups in total. The third kappa shape index (κ3) is 6.52. The average Bonchev–Trinajstić information content (AvgIpc) is 3.07. The van der Waals surface area contributed by atoms with Crippen molar-refractivity contribution in [1.82, 2.24) is 4.90 Å². The number of halogens is 3. The summed E-state index contributed by atoms with van der Waals surface area (Å²) in [5.74, 6) is 0.849. The molecular formula is C26H20Cl2INO4S. The SMILES string of the molecule is CCOc1cc(/C=C2\SC(=O)N(Cc3cccc(Cl)c3)C2=O)cc(I)c1OCc1ccc(Cl)cc1. The van der Waals surface area contributed by atoms with Gasteiger partial charge in [0.25, 0.3) is 11.1 Å². The summed E-state index contributed by atoms with van der Waals surface area (Å²) in [7, 11) is 0. The molecule has 5 nitrogen and oxygen atoms in total. The first-order valence-corrected chi connectivity index (χ1v) is 13.3. The van der Waals surface area contributed by atoms with Crippen molar-refractivity contribution in [3.05, 3.63) is 95.9 Å². The topological polar surface area (TPSA) is 55.8 Å². The van der Waals surface area contributed by atoms with E-state index in [1.165, 1.54) is 4.90 Å². The molecule has 1 saturated heterocycles. The van der Waals surface area contributed by atoms with Crippen molar-refractivity contribution in [2.24, 2.45) is 0 Å². The molecule has 0 aliphatic carbocycles. The average molecular weight is 640 g/mol. The summed E-state index contributed by atoms with van der Waals surface area (Å²) < 4.78 is 12.7. The molecule has 0 saturated carbocycles. The number of carbonyl (C=O) groups excluding carboxylic acids is 2. The smallest absolute Gasteiger partial charge is 0.293 e. The molecule has 0 aromatic heterocycles. The minimum absolute atomic E-state index is 0.168. The summed E-state index contributed by atoms with van der Waals surface area (Å²) in [6.45, 7) is 2.87. The second-order valence-electron chi connectivity index (χ2n) is 7.58. The zero-order valence-corrected chi connectivity index (χ0v) is 23.1. The number of hydrogen-bond acceptors (Lipinski definition) is 5. The van der Waals surface area contributed by atoms with E-state index in [9.17, 15) is 9.59 Å². The highest BCUT2D eigenvalue weighted by atomic mass is 127. The molecule has 35 heavy (non-hydrogen) atoms. The Hall–Kier alpha value is -2.20. The Morgan fingerprint density at radius 3 is 2.46 bits per heavy atom. The van der Waals surface area contributed by atoms with E-state index in [4.69, 9.17) is 32.7 Å². The van der Waals surface area contributed by atoms with E-state index in [1.54, 1.807) is 24.3 Å². The lowest BCUT2D eigenvalue weighted by molar-refractivity contribution is -0.123. The van der Waals surface area contributed by atoms with E-state index >= 15 is 0 Å². The number of nitrogens with zero attached hydrogens (tertiary/aromatic N) is 1. The number of imide groups is 1. The molecule has 1 aliphatic heterocycles. The van der Waals surface area contributed by atoms with Gasteiger partial charge >= 0.3 is 0 Å². The van der Waals surface area contributed by atoms with Crippen LogP contribution in [0.25, 0.3) is 6.08 Å². The summed E-state index contributed by atoms with van der Waals surface area (Å²) >= 11 is 15.1. The Morgan fingerprint density at radius 1 is 0.971 bits per heavy atom. The highest BCUT2D eigenvalue weighted by Gasteiger charge is 2.35. The Kier molecular flexibility index (Phi) is 8.64. The van der Waals surface area contributed by atoms with Crippen LogP contribution in [-0.2, 0) is 17.9 Å². The first-order valence-electron chi connectivity index (χ1n) is 10.7. The maximum atomic E-state index is 13.0. The van der Waals surface area contributed by atoms with Crippen molar-refractivity contribution < 1.29 is 19.1 Å². The molecule has 3 aromatic rings. The number of carbonyl (C=O) groups is 2. The van der Waals surface area contributed by atoms with Gasteiger partial charge in [-0.1, -0.05) is 47.5 Å². The Balaban J connectivity index is 1.55. The van der Waals surface area contributed by atoms with Gasteiger partial charge in [0.15, 0.2) is 11.5 Å². The number of benzene rings is 3. The van der Waals surface area contributed by atoms with Crippen molar-refractivity contribution in [2.45, 2.75) is 20.1 Å². The molecule has 0 bridgehead atoms. The van der Waals surface area contributed by atoms with E-state index in [-0.39, 0.29) is 17.7 Å². The summed E-state index contributed by atoms with van der Waals surface area (Å²) in [6.07, 6.45) is 1.70. The van der Waals surface area contributed by atoms with Gasteiger partial charge in [-0.15, -0.1) is 0 Å². The van der Waals surface area contributed by atoms with Crippen molar-refractivity contribution in [2.75, 3.05) is 6.61 Å². The molecule has 1 aliphatic rings. The molecule has 1 fully saturated rings. The number of hydrogen-bond donors (Lipinski definition) is 0. The van der Waals surface area contributed by atoms with Crippen molar-refractivity contribution in [3.63, 3.8) is 0 Å². The molecular weight excluding hydrogens is 620 g/mol. The zero-order valence-electron chi connectivity index (χ0n) is 18.6. The maximum Gasteiger partial charge on any atom is 0.293 e. The summed E-state index contributed by atoms with van der Waals surface area (Å²) in [4.78, 5) is 27.1. The normalized spacial score (nSPS) is 14.6. The van der Waals surface area contributed by atoms with E-state index < -0.39 is 0 Å². The van der Waals surface area contributed by atoms with Crippen molar-refractivity contribution in [3.8, 4) is 11.5 Å². The molecule has 3 aromatic carbocycles. The Labute approximate surface area is 231 Å². The Morgan fingerprint density at radius 2 is 1.74 bits per heavy atom. The van der Waals surface area contributed by atoms with Crippen LogP contribution in [0.3, 0.4) is 0 Å². The second kappa shape index (κ2) is 11.7. The monoisotopic (exact) mass is 639 g/mol. The third-order valence-electron chi connectivity index (χ3n) is 5.03. The predicted octanol–water partition coefficient (Wildman–Crippen LogP) is 7.81. The van der Waals surface area contributed by atoms with Crippen LogP contribution >= 0.6 is 57.6 Å². The number of thioether (sulfide) groups is 1. The summed E-state index contributed by atoms with van der Waals surface area (Å²) in [6, 6.07) is 18.3. The van der Waals surface area contributed by atoms with Gasteiger partial charge in [-0.25, -0.2) is 0 Å². The van der Waals surface area contributed by atoms with Crippen molar-refractivity contribution in [1.29, 1.82) is 0 Å². The molecule has 2 amide bonds. The predicted molar refractivity (Wildman–Crippen MR) is 149 cm³/mol. The number of amides is 2. The minimum Gasteiger partial charge on any atom is -0.490 e. The fraction of sp³-hybridized carbons (Fsp3) is 0.154. The van der Waals surface area contributed by atoms with Crippen LogP contribution in [0.5, 0.6) is 11.5 Å². The largest absolute Gasteiger partial charge is 0.490 e. The fourth-order valence-corrected chi connectivity index (χ4v) is 5.37. The molecule has 1 heterocycles. The molecule has 0 radical (unpaired) electrons. The first-order chi connectivity index (χ1) is 16.8. The van der Waals surface area contributed by atoms with E-state index in [0.717, 1.165) is 32.0 Å². The molecule has 0 unspecified atom stereocenters. The summed E-state index contributed by atoms with van der Waals surface area (Å²) in [5, 5.41) is 0.907. The minimum atomic E-state index is -0.337. The van der Waals surface area contributed by atoms with E-state index in [1.807, 2.05) is 49.4 Å². The van der Waals surface area contributed by atoms with Gasteiger partial charge in [-0.2, -0.15) is 0 Å².